The van der Waals surface area contributed by atoms with E-state index in [1.165, 1.54) is 16.1 Å². The maximum Gasteiger partial charge on any atom is 0.211 e. The van der Waals surface area contributed by atoms with Crippen LogP contribution in [0.2, 0.25) is 0 Å². The zero-order chi connectivity index (χ0) is 9.35. The second kappa shape index (κ2) is 3.18. The van der Waals surface area contributed by atoms with Crippen molar-refractivity contribution in [1.82, 2.24) is 4.31 Å². The van der Waals surface area contributed by atoms with Crippen LogP contribution in [0.5, 0.6) is 0 Å². The lowest BCUT2D eigenvalue weighted by atomic mass is 10.1. The second-order valence-corrected chi connectivity index (χ2v) is 5.47. The molecule has 0 bridgehead atoms. The highest BCUT2D eigenvalue weighted by molar-refractivity contribution is 7.88. The Kier molecular flexibility index (Phi) is 2.58. The standard InChI is InChI=1S/C8H15NO2S/c1-7(2)8-4-5-9(6-8)12(3,10)11/h4,7H,5-6H2,1-3H3. The summed E-state index contributed by atoms with van der Waals surface area (Å²) in [6, 6.07) is 0. The fourth-order valence-corrected chi connectivity index (χ4v) is 1.95. The fourth-order valence-electron chi connectivity index (χ4n) is 1.22. The van der Waals surface area contributed by atoms with Crippen LogP contribution < -0.4 is 0 Å². The van der Waals surface area contributed by atoms with E-state index in [0.717, 1.165) is 0 Å². The third-order valence-electron chi connectivity index (χ3n) is 2.13. The second-order valence-electron chi connectivity index (χ2n) is 3.49. The van der Waals surface area contributed by atoms with Crippen LogP contribution in [0.15, 0.2) is 11.6 Å². The molecule has 0 fully saturated rings. The first-order valence-electron chi connectivity index (χ1n) is 4.05. The molecule has 0 atom stereocenters. The smallest absolute Gasteiger partial charge is 0.211 e. The Bertz CT molecular complexity index is 290. The van der Waals surface area contributed by atoms with Crippen molar-refractivity contribution in [2.24, 2.45) is 5.92 Å². The molecule has 12 heavy (non-hydrogen) atoms. The van der Waals surface area contributed by atoms with E-state index in [-0.39, 0.29) is 0 Å². The predicted octanol–water partition coefficient (Wildman–Crippen LogP) is 0.844. The first-order valence-corrected chi connectivity index (χ1v) is 5.90. The van der Waals surface area contributed by atoms with E-state index in [1.807, 2.05) is 6.08 Å². The van der Waals surface area contributed by atoms with Gasteiger partial charge in [0.1, 0.15) is 0 Å². The van der Waals surface area contributed by atoms with Crippen molar-refractivity contribution in [3.05, 3.63) is 11.6 Å². The molecule has 1 aliphatic heterocycles. The van der Waals surface area contributed by atoms with Crippen molar-refractivity contribution >= 4 is 10.0 Å². The van der Waals surface area contributed by atoms with E-state index < -0.39 is 10.0 Å². The summed E-state index contributed by atoms with van der Waals surface area (Å²) in [6.45, 7) is 5.29. The summed E-state index contributed by atoms with van der Waals surface area (Å²) in [5.41, 5.74) is 1.22. The van der Waals surface area contributed by atoms with Crippen LogP contribution in [0.4, 0.5) is 0 Å². The van der Waals surface area contributed by atoms with E-state index >= 15 is 0 Å². The van der Waals surface area contributed by atoms with Crippen molar-refractivity contribution in [1.29, 1.82) is 0 Å². The molecule has 0 saturated heterocycles. The van der Waals surface area contributed by atoms with E-state index in [1.54, 1.807) is 0 Å². The molecular weight excluding hydrogens is 174 g/mol. The SMILES string of the molecule is CC(C)C1=CCN(S(C)(=O)=O)C1. The summed E-state index contributed by atoms with van der Waals surface area (Å²) >= 11 is 0. The Morgan fingerprint density at radius 3 is 2.33 bits per heavy atom. The highest BCUT2D eigenvalue weighted by Crippen LogP contribution is 2.18. The minimum absolute atomic E-state index is 0.455. The van der Waals surface area contributed by atoms with Gasteiger partial charge in [-0.2, -0.15) is 4.31 Å². The van der Waals surface area contributed by atoms with Crippen molar-refractivity contribution in [3.63, 3.8) is 0 Å². The van der Waals surface area contributed by atoms with Gasteiger partial charge in [0.15, 0.2) is 0 Å². The Labute approximate surface area is 74.1 Å². The number of hydrogen-bond acceptors (Lipinski definition) is 2. The zero-order valence-electron chi connectivity index (χ0n) is 7.74. The normalized spacial score (nSPS) is 20.2. The molecule has 0 aromatic heterocycles. The molecule has 0 aliphatic carbocycles. The van der Waals surface area contributed by atoms with Crippen LogP contribution in [0, 0.1) is 5.92 Å². The summed E-state index contributed by atoms with van der Waals surface area (Å²) < 4.78 is 23.7. The third-order valence-corrected chi connectivity index (χ3v) is 3.34. The molecular formula is C8H15NO2S. The van der Waals surface area contributed by atoms with Gasteiger partial charge in [-0.25, -0.2) is 8.42 Å². The van der Waals surface area contributed by atoms with Crippen LogP contribution in [0.3, 0.4) is 0 Å². The van der Waals surface area contributed by atoms with Gasteiger partial charge >= 0.3 is 0 Å². The van der Waals surface area contributed by atoms with Crippen LogP contribution in [-0.2, 0) is 10.0 Å². The summed E-state index contributed by atoms with van der Waals surface area (Å²) in [5.74, 6) is 0.455. The summed E-state index contributed by atoms with van der Waals surface area (Å²) in [7, 11) is -2.99. The van der Waals surface area contributed by atoms with Crippen molar-refractivity contribution in [2.75, 3.05) is 19.3 Å². The molecule has 0 aromatic rings. The first kappa shape index (κ1) is 9.74. The third kappa shape index (κ3) is 2.08. The van der Waals surface area contributed by atoms with Gasteiger partial charge in [-0.05, 0) is 5.92 Å². The van der Waals surface area contributed by atoms with Crippen molar-refractivity contribution in [2.45, 2.75) is 13.8 Å². The van der Waals surface area contributed by atoms with Crippen LogP contribution in [0.25, 0.3) is 0 Å². The Balaban J connectivity index is 2.65. The molecule has 0 radical (unpaired) electrons. The summed E-state index contributed by atoms with van der Waals surface area (Å²) in [6.07, 6.45) is 3.26. The lowest BCUT2D eigenvalue weighted by Gasteiger charge is -2.13. The van der Waals surface area contributed by atoms with Gasteiger partial charge in [-0.3, -0.25) is 0 Å². The predicted molar refractivity (Wildman–Crippen MR) is 49.3 cm³/mol. The lowest BCUT2D eigenvalue weighted by Crippen LogP contribution is -2.28. The van der Waals surface area contributed by atoms with Gasteiger partial charge in [0.05, 0.1) is 6.26 Å². The van der Waals surface area contributed by atoms with E-state index in [0.29, 0.717) is 19.0 Å². The van der Waals surface area contributed by atoms with Gasteiger partial charge in [0.25, 0.3) is 0 Å². The van der Waals surface area contributed by atoms with Gasteiger partial charge in [-0.1, -0.05) is 25.5 Å². The molecule has 1 aliphatic rings. The largest absolute Gasteiger partial charge is 0.212 e. The molecule has 1 rings (SSSR count). The molecule has 3 nitrogen and oxygen atoms in total. The number of hydrogen-bond donors (Lipinski definition) is 0. The monoisotopic (exact) mass is 189 g/mol. The lowest BCUT2D eigenvalue weighted by molar-refractivity contribution is 0.483. The maximum atomic E-state index is 11.1. The molecule has 4 heteroatoms. The number of rotatable bonds is 2. The van der Waals surface area contributed by atoms with E-state index in [9.17, 15) is 8.42 Å². The molecule has 0 unspecified atom stereocenters. The number of nitrogens with zero attached hydrogens (tertiary/aromatic N) is 1. The van der Waals surface area contributed by atoms with Crippen LogP contribution in [-0.4, -0.2) is 32.1 Å². The van der Waals surface area contributed by atoms with Gasteiger partial charge in [0.2, 0.25) is 10.0 Å². The molecule has 0 amide bonds. The summed E-state index contributed by atoms with van der Waals surface area (Å²) in [5, 5.41) is 0. The summed E-state index contributed by atoms with van der Waals surface area (Å²) in [4.78, 5) is 0. The average molecular weight is 189 g/mol. The van der Waals surface area contributed by atoms with Gasteiger partial charge in [-0.15, -0.1) is 0 Å². The molecule has 1 heterocycles. The highest BCUT2D eigenvalue weighted by atomic mass is 32.2. The molecule has 0 N–H and O–H groups in total. The van der Waals surface area contributed by atoms with Crippen molar-refractivity contribution < 1.29 is 8.42 Å². The molecule has 0 aromatic carbocycles. The van der Waals surface area contributed by atoms with Crippen molar-refractivity contribution in [3.8, 4) is 0 Å². The Hall–Kier alpha value is -0.350. The molecule has 0 saturated carbocycles. The van der Waals surface area contributed by atoms with Crippen LogP contribution in [0.1, 0.15) is 13.8 Å². The number of sulfonamides is 1. The maximum absolute atomic E-state index is 11.1. The molecule has 70 valence electrons. The first-order chi connectivity index (χ1) is 5.41. The Morgan fingerprint density at radius 1 is 1.50 bits per heavy atom. The zero-order valence-corrected chi connectivity index (χ0v) is 8.56. The minimum atomic E-state index is -2.99. The molecule has 0 spiro atoms. The topological polar surface area (TPSA) is 37.4 Å². The van der Waals surface area contributed by atoms with Gasteiger partial charge < -0.3 is 0 Å². The quantitative estimate of drug-likeness (QED) is 0.604. The van der Waals surface area contributed by atoms with E-state index in [4.69, 9.17) is 0 Å². The minimum Gasteiger partial charge on any atom is -0.212 e. The Morgan fingerprint density at radius 2 is 2.08 bits per heavy atom. The highest BCUT2D eigenvalue weighted by Gasteiger charge is 2.22. The average Bonchev–Trinajstić information content (AvgIpc) is 2.30. The van der Waals surface area contributed by atoms with Crippen LogP contribution >= 0.6 is 0 Å². The van der Waals surface area contributed by atoms with E-state index in [2.05, 4.69) is 13.8 Å². The fraction of sp³-hybridized carbons (Fsp3) is 0.750. The van der Waals surface area contributed by atoms with Gasteiger partial charge in [0, 0.05) is 13.1 Å².